The fourth-order valence-corrected chi connectivity index (χ4v) is 4.75. The monoisotopic (exact) mass is 393 g/mol. The molecule has 1 aromatic heterocycles. The summed E-state index contributed by atoms with van der Waals surface area (Å²) in [6.07, 6.45) is 1.21. The van der Waals surface area contributed by atoms with Gasteiger partial charge in [-0.3, -0.25) is 4.79 Å². The Labute approximate surface area is 169 Å². The number of benzene rings is 2. The van der Waals surface area contributed by atoms with Crippen molar-refractivity contribution in [2.45, 2.75) is 18.9 Å². The van der Waals surface area contributed by atoms with Crippen LogP contribution in [0.4, 0.5) is 0 Å². The summed E-state index contributed by atoms with van der Waals surface area (Å²) in [7, 11) is 3.24. The first-order valence-electron chi connectivity index (χ1n) is 9.33. The molecular weight excluding hydrogens is 370 g/mol. The second-order valence-corrected chi connectivity index (χ2v) is 7.80. The number of thiophene rings is 1. The van der Waals surface area contributed by atoms with Gasteiger partial charge in [0.05, 0.1) is 26.7 Å². The predicted octanol–water partition coefficient (Wildman–Crippen LogP) is 4.48. The maximum Gasteiger partial charge on any atom is 0.227 e. The lowest BCUT2D eigenvalue weighted by molar-refractivity contribution is -0.132. The zero-order chi connectivity index (χ0) is 19.5. The van der Waals surface area contributed by atoms with Crippen LogP contribution in [0.2, 0.25) is 0 Å². The Morgan fingerprint density at radius 1 is 1.11 bits per heavy atom. The van der Waals surface area contributed by atoms with E-state index in [-0.39, 0.29) is 11.9 Å². The van der Waals surface area contributed by atoms with E-state index >= 15 is 0 Å². The van der Waals surface area contributed by atoms with Gasteiger partial charge in [0.25, 0.3) is 0 Å². The lowest BCUT2D eigenvalue weighted by Crippen LogP contribution is -2.40. The molecule has 0 bridgehead atoms. The van der Waals surface area contributed by atoms with Crippen LogP contribution in [0, 0.1) is 0 Å². The van der Waals surface area contributed by atoms with Gasteiger partial charge in [0.15, 0.2) is 0 Å². The SMILES string of the molecule is COc1ccc(CC(=O)N2CCc3sccc3C2c2ccccc2)c(OC)c1. The van der Waals surface area contributed by atoms with E-state index in [2.05, 4.69) is 23.6 Å². The Kier molecular flexibility index (Phi) is 5.35. The molecule has 144 valence electrons. The van der Waals surface area contributed by atoms with Gasteiger partial charge in [-0.15, -0.1) is 11.3 Å². The quantitative estimate of drug-likeness (QED) is 0.641. The summed E-state index contributed by atoms with van der Waals surface area (Å²) >= 11 is 1.78. The van der Waals surface area contributed by atoms with Crippen molar-refractivity contribution in [2.24, 2.45) is 0 Å². The molecule has 1 aliphatic heterocycles. The molecule has 4 nitrogen and oxygen atoms in total. The van der Waals surface area contributed by atoms with Crippen molar-refractivity contribution in [1.82, 2.24) is 4.90 Å². The van der Waals surface area contributed by atoms with Crippen molar-refractivity contribution in [3.8, 4) is 11.5 Å². The van der Waals surface area contributed by atoms with Crippen LogP contribution in [-0.2, 0) is 17.6 Å². The molecule has 1 unspecified atom stereocenters. The highest BCUT2D eigenvalue weighted by Gasteiger charge is 2.32. The van der Waals surface area contributed by atoms with E-state index in [1.54, 1.807) is 25.6 Å². The predicted molar refractivity (Wildman–Crippen MR) is 111 cm³/mol. The van der Waals surface area contributed by atoms with Crippen molar-refractivity contribution in [3.05, 3.63) is 81.5 Å². The van der Waals surface area contributed by atoms with Crippen LogP contribution in [0.3, 0.4) is 0 Å². The number of carbonyl (C=O) groups is 1. The zero-order valence-corrected chi connectivity index (χ0v) is 16.9. The smallest absolute Gasteiger partial charge is 0.227 e. The van der Waals surface area contributed by atoms with E-state index in [0.29, 0.717) is 12.2 Å². The largest absolute Gasteiger partial charge is 0.497 e. The molecule has 0 N–H and O–H groups in total. The molecule has 3 aromatic rings. The third-order valence-electron chi connectivity index (χ3n) is 5.24. The van der Waals surface area contributed by atoms with E-state index < -0.39 is 0 Å². The number of ether oxygens (including phenoxy) is 2. The van der Waals surface area contributed by atoms with Crippen molar-refractivity contribution in [3.63, 3.8) is 0 Å². The summed E-state index contributed by atoms with van der Waals surface area (Å²) in [4.78, 5) is 16.7. The minimum atomic E-state index is -0.0343. The molecule has 4 rings (SSSR count). The van der Waals surface area contributed by atoms with E-state index in [1.165, 1.54) is 10.4 Å². The molecule has 5 heteroatoms. The van der Waals surface area contributed by atoms with E-state index in [4.69, 9.17) is 9.47 Å². The average molecular weight is 394 g/mol. The Morgan fingerprint density at radius 2 is 1.93 bits per heavy atom. The fourth-order valence-electron chi connectivity index (χ4n) is 3.84. The van der Waals surface area contributed by atoms with Crippen LogP contribution in [-0.4, -0.2) is 31.6 Å². The molecule has 0 saturated carbocycles. The topological polar surface area (TPSA) is 38.8 Å². The van der Waals surface area contributed by atoms with Crippen LogP contribution in [0.1, 0.15) is 27.6 Å². The Hall–Kier alpha value is -2.79. The molecule has 0 spiro atoms. The highest BCUT2D eigenvalue weighted by atomic mass is 32.1. The van der Waals surface area contributed by atoms with Gasteiger partial charge in [-0.05, 0) is 35.1 Å². The van der Waals surface area contributed by atoms with Crippen molar-refractivity contribution in [2.75, 3.05) is 20.8 Å². The molecule has 0 aliphatic carbocycles. The Bertz CT molecular complexity index is 967. The number of rotatable bonds is 5. The number of nitrogens with zero attached hydrogens (tertiary/aromatic N) is 1. The zero-order valence-electron chi connectivity index (χ0n) is 16.1. The van der Waals surface area contributed by atoms with E-state index in [1.807, 2.05) is 41.3 Å². The summed E-state index contributed by atoms with van der Waals surface area (Å²) in [5.41, 5.74) is 3.27. The normalized spacial score (nSPS) is 15.8. The second-order valence-electron chi connectivity index (χ2n) is 6.80. The Balaban J connectivity index is 1.65. The van der Waals surface area contributed by atoms with Gasteiger partial charge in [0.1, 0.15) is 11.5 Å². The maximum absolute atomic E-state index is 13.3. The first-order valence-corrected chi connectivity index (χ1v) is 10.2. The molecule has 2 heterocycles. The van der Waals surface area contributed by atoms with Gasteiger partial charge >= 0.3 is 0 Å². The molecule has 1 atom stereocenters. The molecule has 28 heavy (non-hydrogen) atoms. The van der Waals surface area contributed by atoms with E-state index in [9.17, 15) is 4.79 Å². The number of hydrogen-bond acceptors (Lipinski definition) is 4. The van der Waals surface area contributed by atoms with Crippen molar-refractivity contribution < 1.29 is 14.3 Å². The molecule has 1 aliphatic rings. The number of fused-ring (bicyclic) bond motifs is 1. The van der Waals surface area contributed by atoms with Crippen LogP contribution in [0.5, 0.6) is 11.5 Å². The van der Waals surface area contributed by atoms with Crippen LogP contribution >= 0.6 is 11.3 Å². The molecule has 0 saturated heterocycles. The summed E-state index contributed by atoms with van der Waals surface area (Å²) in [5.74, 6) is 1.50. The minimum absolute atomic E-state index is 0.0343. The lowest BCUT2D eigenvalue weighted by Gasteiger charge is -2.36. The van der Waals surface area contributed by atoms with Crippen LogP contribution < -0.4 is 9.47 Å². The minimum Gasteiger partial charge on any atom is -0.497 e. The van der Waals surface area contributed by atoms with Crippen LogP contribution in [0.25, 0.3) is 0 Å². The maximum atomic E-state index is 13.3. The first-order chi connectivity index (χ1) is 13.7. The highest BCUT2D eigenvalue weighted by molar-refractivity contribution is 7.10. The summed E-state index contributed by atoms with van der Waals surface area (Å²) in [6.45, 7) is 0.727. The molecule has 1 amide bonds. The van der Waals surface area contributed by atoms with Gasteiger partial charge < -0.3 is 14.4 Å². The van der Waals surface area contributed by atoms with Gasteiger partial charge in [-0.2, -0.15) is 0 Å². The number of amides is 1. The standard InChI is InChI=1S/C23H23NO3S/c1-26-18-9-8-17(20(15-18)27-2)14-22(25)24-12-10-21-19(11-13-28-21)23(24)16-6-4-3-5-7-16/h3-9,11,13,15,23H,10,12,14H2,1-2H3. The molecular formula is C23H23NO3S. The van der Waals surface area contributed by atoms with Gasteiger partial charge in [-0.25, -0.2) is 0 Å². The lowest BCUT2D eigenvalue weighted by atomic mass is 9.92. The third kappa shape index (κ3) is 3.50. The van der Waals surface area contributed by atoms with Crippen molar-refractivity contribution >= 4 is 17.2 Å². The Morgan fingerprint density at radius 3 is 2.68 bits per heavy atom. The van der Waals surface area contributed by atoms with Gasteiger partial charge in [-0.1, -0.05) is 36.4 Å². The third-order valence-corrected chi connectivity index (χ3v) is 6.23. The summed E-state index contributed by atoms with van der Waals surface area (Å²) < 4.78 is 10.7. The van der Waals surface area contributed by atoms with Gasteiger partial charge in [0.2, 0.25) is 5.91 Å². The summed E-state index contributed by atoms with van der Waals surface area (Å²) in [5, 5.41) is 2.13. The fraction of sp³-hybridized carbons (Fsp3) is 0.261. The van der Waals surface area contributed by atoms with Crippen molar-refractivity contribution in [1.29, 1.82) is 0 Å². The number of methoxy groups -OCH3 is 2. The number of carbonyl (C=O) groups excluding carboxylic acids is 1. The van der Waals surface area contributed by atoms with Gasteiger partial charge in [0, 0.05) is 23.1 Å². The van der Waals surface area contributed by atoms with E-state index in [0.717, 1.165) is 29.8 Å². The molecule has 0 radical (unpaired) electrons. The molecule has 2 aromatic carbocycles. The highest BCUT2D eigenvalue weighted by Crippen LogP contribution is 2.38. The summed E-state index contributed by atoms with van der Waals surface area (Å²) in [6, 6.07) is 18.0. The van der Waals surface area contributed by atoms with Crippen LogP contribution in [0.15, 0.2) is 60.0 Å². The first kappa shape index (κ1) is 18.6. The average Bonchev–Trinajstić information content (AvgIpc) is 3.22. The second kappa shape index (κ2) is 8.07. The molecule has 0 fully saturated rings. The number of hydrogen-bond donors (Lipinski definition) is 0.